The van der Waals surface area contributed by atoms with Crippen LogP contribution in [0.5, 0.6) is 0 Å². The van der Waals surface area contributed by atoms with Crippen LogP contribution in [0.4, 0.5) is 18.9 Å². The van der Waals surface area contributed by atoms with Crippen LogP contribution >= 0.6 is 11.6 Å². The first kappa shape index (κ1) is 14.8. The number of hydrogen-bond acceptors (Lipinski definition) is 2. The lowest BCUT2D eigenvalue weighted by Crippen LogP contribution is -2.11. The zero-order valence-electron chi connectivity index (χ0n) is 10.7. The molecule has 6 heteroatoms. The molecule has 2 aromatic rings. The number of furan rings is 1. The normalized spacial score (nSPS) is 13.2. The van der Waals surface area contributed by atoms with Gasteiger partial charge in [-0.15, -0.1) is 0 Å². The van der Waals surface area contributed by atoms with Gasteiger partial charge in [0.25, 0.3) is 0 Å². The number of anilines is 1. The predicted octanol–water partition coefficient (Wildman–Crippen LogP) is 5.52. The molecule has 0 amide bonds. The molecule has 1 aromatic heterocycles. The van der Waals surface area contributed by atoms with Crippen LogP contribution in [0.15, 0.2) is 41.0 Å². The number of nitrogens with one attached hydrogen (secondary N) is 1. The van der Waals surface area contributed by atoms with Crippen LogP contribution in [0.1, 0.15) is 30.7 Å². The molecule has 1 heterocycles. The summed E-state index contributed by atoms with van der Waals surface area (Å²) < 4.78 is 43.5. The molecule has 2 nitrogen and oxygen atoms in total. The Bertz CT molecular complexity index is 566. The third kappa shape index (κ3) is 3.48. The molecule has 20 heavy (non-hydrogen) atoms. The van der Waals surface area contributed by atoms with Gasteiger partial charge in [-0.2, -0.15) is 13.2 Å². The number of halogens is 4. The van der Waals surface area contributed by atoms with Gasteiger partial charge in [0.2, 0.25) is 0 Å². The van der Waals surface area contributed by atoms with E-state index in [0.29, 0.717) is 17.9 Å². The van der Waals surface area contributed by atoms with Crippen LogP contribution in [0.3, 0.4) is 0 Å². The lowest BCUT2D eigenvalue weighted by atomic mass is 10.1. The molecule has 0 aliphatic heterocycles. The van der Waals surface area contributed by atoms with Crippen LogP contribution in [-0.4, -0.2) is 0 Å². The lowest BCUT2D eigenvalue weighted by molar-refractivity contribution is -0.137. The van der Waals surface area contributed by atoms with Gasteiger partial charge in [0.05, 0.1) is 17.9 Å². The summed E-state index contributed by atoms with van der Waals surface area (Å²) in [5.41, 5.74) is -0.463. The Kier molecular flexibility index (Phi) is 4.28. The van der Waals surface area contributed by atoms with Crippen molar-refractivity contribution in [3.05, 3.63) is 52.9 Å². The van der Waals surface area contributed by atoms with E-state index in [0.717, 1.165) is 12.1 Å². The van der Waals surface area contributed by atoms with Crippen LogP contribution in [0.2, 0.25) is 5.02 Å². The van der Waals surface area contributed by atoms with Crippen molar-refractivity contribution in [2.24, 2.45) is 0 Å². The molecule has 0 aliphatic carbocycles. The minimum Gasteiger partial charge on any atom is -0.467 e. The highest BCUT2D eigenvalue weighted by Crippen LogP contribution is 2.34. The monoisotopic (exact) mass is 303 g/mol. The van der Waals surface area contributed by atoms with E-state index in [1.165, 1.54) is 12.3 Å². The smallest absolute Gasteiger partial charge is 0.416 e. The van der Waals surface area contributed by atoms with Gasteiger partial charge in [-0.05, 0) is 36.8 Å². The Labute approximate surface area is 119 Å². The third-order valence-corrected chi connectivity index (χ3v) is 3.08. The van der Waals surface area contributed by atoms with Crippen LogP contribution in [0.25, 0.3) is 0 Å². The molecular weight excluding hydrogens is 291 g/mol. The molecule has 0 aliphatic rings. The van der Waals surface area contributed by atoms with Gasteiger partial charge in [0.15, 0.2) is 0 Å². The lowest BCUT2D eigenvalue weighted by Gasteiger charge is -2.17. The molecule has 0 spiro atoms. The van der Waals surface area contributed by atoms with E-state index in [2.05, 4.69) is 5.32 Å². The second kappa shape index (κ2) is 5.79. The molecule has 1 atom stereocenters. The minimum absolute atomic E-state index is 0.0385. The van der Waals surface area contributed by atoms with Crippen LogP contribution < -0.4 is 5.32 Å². The molecule has 0 bridgehead atoms. The van der Waals surface area contributed by atoms with Crippen molar-refractivity contribution >= 4 is 17.3 Å². The van der Waals surface area contributed by atoms with Gasteiger partial charge in [-0.3, -0.25) is 0 Å². The molecule has 1 N–H and O–H groups in total. The maximum atomic E-state index is 12.7. The molecule has 0 fully saturated rings. The number of benzene rings is 1. The summed E-state index contributed by atoms with van der Waals surface area (Å²) >= 11 is 5.74. The first-order valence-electron chi connectivity index (χ1n) is 6.08. The van der Waals surface area contributed by atoms with Crippen molar-refractivity contribution in [2.45, 2.75) is 25.6 Å². The zero-order chi connectivity index (χ0) is 14.8. The fourth-order valence-corrected chi connectivity index (χ4v) is 2.14. The molecule has 0 radical (unpaired) electrons. The average Bonchev–Trinajstić information content (AvgIpc) is 2.88. The number of rotatable bonds is 4. The molecule has 1 unspecified atom stereocenters. The van der Waals surface area contributed by atoms with Gasteiger partial charge in [0, 0.05) is 10.7 Å². The molecule has 0 saturated heterocycles. The van der Waals surface area contributed by atoms with E-state index in [4.69, 9.17) is 16.0 Å². The SMILES string of the molecule is CCC(Nc1cc(Cl)cc(C(F)(F)F)c1)c1ccco1. The van der Waals surface area contributed by atoms with Crippen molar-refractivity contribution in [1.82, 2.24) is 0 Å². The Balaban J connectivity index is 2.27. The molecular formula is C14H13ClF3NO. The summed E-state index contributed by atoms with van der Waals surface area (Å²) in [5, 5.41) is 3.04. The summed E-state index contributed by atoms with van der Waals surface area (Å²) in [6.45, 7) is 1.91. The summed E-state index contributed by atoms with van der Waals surface area (Å²) in [6.07, 6.45) is -2.23. The van der Waals surface area contributed by atoms with E-state index < -0.39 is 11.7 Å². The van der Waals surface area contributed by atoms with Crippen molar-refractivity contribution in [2.75, 3.05) is 5.32 Å². The first-order chi connectivity index (χ1) is 9.40. The Morgan fingerprint density at radius 1 is 1.30 bits per heavy atom. The van der Waals surface area contributed by atoms with E-state index in [1.54, 1.807) is 12.1 Å². The Morgan fingerprint density at radius 2 is 2.05 bits per heavy atom. The van der Waals surface area contributed by atoms with Gasteiger partial charge >= 0.3 is 6.18 Å². The third-order valence-electron chi connectivity index (χ3n) is 2.86. The van der Waals surface area contributed by atoms with Crippen molar-refractivity contribution in [3.63, 3.8) is 0 Å². The van der Waals surface area contributed by atoms with E-state index in [1.807, 2.05) is 6.92 Å². The molecule has 2 rings (SSSR count). The predicted molar refractivity (Wildman–Crippen MR) is 71.8 cm³/mol. The van der Waals surface area contributed by atoms with Gasteiger partial charge in [0.1, 0.15) is 5.76 Å². The Hall–Kier alpha value is -1.62. The highest BCUT2D eigenvalue weighted by molar-refractivity contribution is 6.30. The van der Waals surface area contributed by atoms with E-state index >= 15 is 0 Å². The maximum absolute atomic E-state index is 12.7. The Morgan fingerprint density at radius 3 is 2.60 bits per heavy atom. The van der Waals surface area contributed by atoms with Gasteiger partial charge in [-0.1, -0.05) is 18.5 Å². The maximum Gasteiger partial charge on any atom is 0.416 e. The average molecular weight is 304 g/mol. The van der Waals surface area contributed by atoms with Crippen LogP contribution in [-0.2, 0) is 6.18 Å². The van der Waals surface area contributed by atoms with Gasteiger partial charge < -0.3 is 9.73 Å². The van der Waals surface area contributed by atoms with E-state index in [9.17, 15) is 13.2 Å². The topological polar surface area (TPSA) is 25.2 Å². The molecule has 108 valence electrons. The summed E-state index contributed by atoms with van der Waals surface area (Å²) in [6, 6.07) is 6.71. The largest absolute Gasteiger partial charge is 0.467 e. The zero-order valence-corrected chi connectivity index (χ0v) is 11.4. The first-order valence-corrected chi connectivity index (χ1v) is 6.45. The standard InChI is InChI=1S/C14H13ClF3NO/c1-2-12(13-4-3-5-20-13)19-11-7-9(14(16,17)18)6-10(15)8-11/h3-8,12,19H,2H2,1H3. The fraction of sp³-hybridized carbons (Fsp3) is 0.286. The van der Waals surface area contributed by atoms with E-state index in [-0.39, 0.29) is 11.1 Å². The number of alkyl halides is 3. The van der Waals surface area contributed by atoms with Crippen molar-refractivity contribution < 1.29 is 17.6 Å². The highest BCUT2D eigenvalue weighted by Gasteiger charge is 2.31. The quantitative estimate of drug-likeness (QED) is 0.805. The minimum atomic E-state index is -4.42. The summed E-state index contributed by atoms with van der Waals surface area (Å²) in [4.78, 5) is 0. The summed E-state index contributed by atoms with van der Waals surface area (Å²) in [5.74, 6) is 0.668. The highest BCUT2D eigenvalue weighted by atomic mass is 35.5. The molecule has 1 aromatic carbocycles. The fourth-order valence-electron chi connectivity index (χ4n) is 1.90. The van der Waals surface area contributed by atoms with Gasteiger partial charge in [-0.25, -0.2) is 0 Å². The number of hydrogen-bond donors (Lipinski definition) is 1. The van der Waals surface area contributed by atoms with Crippen LogP contribution in [0, 0.1) is 0 Å². The van der Waals surface area contributed by atoms with Crippen molar-refractivity contribution in [3.8, 4) is 0 Å². The van der Waals surface area contributed by atoms with Crippen molar-refractivity contribution in [1.29, 1.82) is 0 Å². The molecule has 0 saturated carbocycles. The second-order valence-corrected chi connectivity index (χ2v) is 4.78. The second-order valence-electron chi connectivity index (χ2n) is 4.35. The summed E-state index contributed by atoms with van der Waals surface area (Å²) in [7, 11) is 0.